The van der Waals surface area contributed by atoms with Gasteiger partial charge < -0.3 is 15.4 Å². The Morgan fingerprint density at radius 3 is 2.29 bits per heavy atom. The van der Waals surface area contributed by atoms with Crippen molar-refractivity contribution in [2.24, 2.45) is 5.14 Å². The fraction of sp³-hybridized carbons (Fsp3) is 0.188. The van der Waals surface area contributed by atoms with E-state index in [9.17, 15) is 13.2 Å². The second kappa shape index (κ2) is 7.91. The molecule has 24 heavy (non-hydrogen) atoms. The Balaban J connectivity index is 1.91. The summed E-state index contributed by atoms with van der Waals surface area (Å²) in [5.41, 5.74) is 1.41. The van der Waals surface area contributed by atoms with Gasteiger partial charge in [-0.25, -0.2) is 18.4 Å². The summed E-state index contributed by atoms with van der Waals surface area (Å²) in [4.78, 5) is 11.9. The van der Waals surface area contributed by atoms with E-state index in [2.05, 4.69) is 10.6 Å². The van der Waals surface area contributed by atoms with Crippen LogP contribution in [0.5, 0.6) is 0 Å². The van der Waals surface area contributed by atoms with Gasteiger partial charge in [-0.15, -0.1) is 0 Å². The predicted octanol–water partition coefficient (Wildman–Crippen LogP) is 1.84. The predicted molar refractivity (Wildman–Crippen MR) is 91.0 cm³/mol. The van der Waals surface area contributed by atoms with Gasteiger partial charge in [-0.2, -0.15) is 0 Å². The van der Waals surface area contributed by atoms with Crippen molar-refractivity contribution >= 4 is 21.7 Å². The molecule has 2 aromatic carbocycles. The van der Waals surface area contributed by atoms with Crippen LogP contribution in [0.1, 0.15) is 11.7 Å². The molecule has 0 saturated heterocycles. The Morgan fingerprint density at radius 1 is 1.12 bits per heavy atom. The number of nitrogens with one attached hydrogen (secondary N) is 2. The molecule has 1 atom stereocenters. The minimum Gasteiger partial charge on any atom is -0.375 e. The first-order valence-electron chi connectivity index (χ1n) is 7.15. The normalized spacial score (nSPS) is 12.4. The monoisotopic (exact) mass is 349 g/mol. The van der Waals surface area contributed by atoms with Crippen LogP contribution in [0.15, 0.2) is 59.5 Å². The average molecular weight is 349 g/mol. The average Bonchev–Trinajstić information content (AvgIpc) is 2.56. The van der Waals surface area contributed by atoms with Crippen molar-refractivity contribution in [3.63, 3.8) is 0 Å². The number of nitrogens with two attached hydrogens (primary N) is 1. The summed E-state index contributed by atoms with van der Waals surface area (Å²) >= 11 is 0. The summed E-state index contributed by atoms with van der Waals surface area (Å²) in [6.45, 7) is 0.293. The van der Waals surface area contributed by atoms with E-state index in [1.54, 1.807) is 7.11 Å². The summed E-state index contributed by atoms with van der Waals surface area (Å²) in [6.07, 6.45) is -0.262. The number of rotatable bonds is 6. The number of hydrogen-bond donors (Lipinski definition) is 3. The van der Waals surface area contributed by atoms with Gasteiger partial charge in [0, 0.05) is 19.3 Å². The molecule has 0 aliphatic rings. The number of ether oxygens (including phenoxy) is 1. The number of carbonyl (C=O) groups excluding carboxylic acids is 1. The Bertz CT molecular complexity index is 777. The van der Waals surface area contributed by atoms with Crippen LogP contribution in [0, 0.1) is 0 Å². The molecule has 2 aromatic rings. The third-order valence-electron chi connectivity index (χ3n) is 3.34. The van der Waals surface area contributed by atoms with Crippen LogP contribution in [0.4, 0.5) is 10.5 Å². The maximum absolute atomic E-state index is 11.9. The molecule has 0 fully saturated rings. The van der Waals surface area contributed by atoms with Crippen LogP contribution in [0.3, 0.4) is 0 Å². The summed E-state index contributed by atoms with van der Waals surface area (Å²) in [5, 5.41) is 10.3. The standard InChI is InChI=1S/C16H19N3O4S/c1-23-15(12-5-3-2-4-6-12)11-18-16(20)19-13-7-9-14(10-8-13)24(17,21)22/h2-10,15H,11H2,1H3,(H2,17,21,22)(H2,18,19,20)/t15-/m0/s1. The highest BCUT2D eigenvalue weighted by atomic mass is 32.2. The Labute approximate surface area is 140 Å². The van der Waals surface area contributed by atoms with Crippen molar-refractivity contribution < 1.29 is 17.9 Å². The zero-order valence-electron chi connectivity index (χ0n) is 13.1. The number of sulfonamides is 1. The van der Waals surface area contributed by atoms with Gasteiger partial charge in [-0.1, -0.05) is 30.3 Å². The molecule has 2 rings (SSSR count). The summed E-state index contributed by atoms with van der Waals surface area (Å²) in [6, 6.07) is 14.7. The first kappa shape index (κ1) is 17.9. The van der Waals surface area contributed by atoms with E-state index >= 15 is 0 Å². The Morgan fingerprint density at radius 2 is 1.75 bits per heavy atom. The molecule has 0 aliphatic heterocycles. The molecule has 2 amide bonds. The van der Waals surface area contributed by atoms with Crippen LogP contribution in [-0.2, 0) is 14.8 Å². The lowest BCUT2D eigenvalue weighted by molar-refractivity contribution is 0.104. The van der Waals surface area contributed by atoms with Crippen LogP contribution in [0.25, 0.3) is 0 Å². The quantitative estimate of drug-likeness (QED) is 0.739. The van der Waals surface area contributed by atoms with Crippen molar-refractivity contribution in [2.45, 2.75) is 11.0 Å². The molecule has 0 spiro atoms. The molecular weight excluding hydrogens is 330 g/mol. The third kappa shape index (κ3) is 5.05. The van der Waals surface area contributed by atoms with Crippen LogP contribution >= 0.6 is 0 Å². The molecule has 0 heterocycles. The van der Waals surface area contributed by atoms with Gasteiger partial charge in [-0.3, -0.25) is 0 Å². The minimum absolute atomic E-state index is 0.0167. The number of methoxy groups -OCH3 is 1. The van der Waals surface area contributed by atoms with Crippen molar-refractivity contribution in [2.75, 3.05) is 19.0 Å². The number of anilines is 1. The molecule has 8 heteroatoms. The molecule has 4 N–H and O–H groups in total. The number of benzene rings is 2. The zero-order valence-corrected chi connectivity index (χ0v) is 13.9. The SMILES string of the molecule is CO[C@@H](CNC(=O)Nc1ccc(S(N)(=O)=O)cc1)c1ccccc1. The largest absolute Gasteiger partial charge is 0.375 e. The van der Waals surface area contributed by atoms with E-state index < -0.39 is 16.1 Å². The molecule has 0 aliphatic carbocycles. The first-order valence-corrected chi connectivity index (χ1v) is 8.70. The van der Waals surface area contributed by atoms with E-state index in [1.807, 2.05) is 30.3 Å². The van der Waals surface area contributed by atoms with E-state index in [0.717, 1.165) is 5.56 Å². The second-order valence-corrected chi connectivity index (χ2v) is 6.60. The Hall–Kier alpha value is -2.42. The zero-order chi connectivity index (χ0) is 17.6. The van der Waals surface area contributed by atoms with Gasteiger partial charge in [-0.05, 0) is 29.8 Å². The highest BCUT2D eigenvalue weighted by Gasteiger charge is 2.12. The first-order chi connectivity index (χ1) is 11.4. The van der Waals surface area contributed by atoms with E-state index in [4.69, 9.17) is 9.88 Å². The molecule has 0 bridgehead atoms. The molecular formula is C16H19N3O4S. The third-order valence-corrected chi connectivity index (χ3v) is 4.27. The van der Waals surface area contributed by atoms with E-state index in [0.29, 0.717) is 12.2 Å². The van der Waals surface area contributed by atoms with E-state index in [-0.39, 0.29) is 11.0 Å². The number of amides is 2. The van der Waals surface area contributed by atoms with Gasteiger partial charge >= 0.3 is 6.03 Å². The fourth-order valence-electron chi connectivity index (χ4n) is 2.09. The number of hydrogen-bond acceptors (Lipinski definition) is 4. The second-order valence-electron chi connectivity index (χ2n) is 5.04. The van der Waals surface area contributed by atoms with Crippen LogP contribution in [0.2, 0.25) is 0 Å². The van der Waals surface area contributed by atoms with Gasteiger partial charge in [0.15, 0.2) is 0 Å². The highest BCUT2D eigenvalue weighted by Crippen LogP contribution is 2.15. The lowest BCUT2D eigenvalue weighted by Crippen LogP contribution is -2.32. The Kier molecular flexibility index (Phi) is 5.91. The van der Waals surface area contributed by atoms with Gasteiger partial charge in [0.1, 0.15) is 0 Å². The van der Waals surface area contributed by atoms with Gasteiger partial charge in [0.05, 0.1) is 11.0 Å². The van der Waals surface area contributed by atoms with Gasteiger partial charge in [0.2, 0.25) is 10.0 Å². The smallest absolute Gasteiger partial charge is 0.319 e. The van der Waals surface area contributed by atoms with Gasteiger partial charge in [0.25, 0.3) is 0 Å². The summed E-state index contributed by atoms with van der Waals surface area (Å²) < 4.78 is 27.7. The highest BCUT2D eigenvalue weighted by molar-refractivity contribution is 7.89. The van der Waals surface area contributed by atoms with Crippen molar-refractivity contribution in [3.05, 3.63) is 60.2 Å². The number of carbonyl (C=O) groups is 1. The lowest BCUT2D eigenvalue weighted by atomic mass is 10.1. The number of primary sulfonamides is 1. The van der Waals surface area contributed by atoms with Crippen molar-refractivity contribution in [3.8, 4) is 0 Å². The molecule has 128 valence electrons. The van der Waals surface area contributed by atoms with Crippen molar-refractivity contribution in [1.82, 2.24) is 5.32 Å². The molecule has 0 saturated carbocycles. The molecule has 0 unspecified atom stereocenters. The topological polar surface area (TPSA) is 111 Å². The molecule has 0 radical (unpaired) electrons. The van der Waals surface area contributed by atoms with E-state index in [1.165, 1.54) is 24.3 Å². The summed E-state index contributed by atoms with van der Waals surface area (Å²) in [7, 11) is -2.18. The number of urea groups is 1. The summed E-state index contributed by atoms with van der Waals surface area (Å²) in [5.74, 6) is 0. The molecule has 7 nitrogen and oxygen atoms in total. The minimum atomic E-state index is -3.75. The van der Waals surface area contributed by atoms with Crippen LogP contribution in [-0.4, -0.2) is 28.1 Å². The van der Waals surface area contributed by atoms with Crippen molar-refractivity contribution in [1.29, 1.82) is 0 Å². The fourth-order valence-corrected chi connectivity index (χ4v) is 2.61. The lowest BCUT2D eigenvalue weighted by Gasteiger charge is -2.16. The van der Waals surface area contributed by atoms with Crippen LogP contribution < -0.4 is 15.8 Å². The maximum Gasteiger partial charge on any atom is 0.319 e. The maximum atomic E-state index is 11.9. The molecule has 0 aromatic heterocycles.